The van der Waals surface area contributed by atoms with Gasteiger partial charge in [0.1, 0.15) is 5.75 Å². The van der Waals surface area contributed by atoms with Gasteiger partial charge in [0.25, 0.3) is 5.56 Å². The number of fused-ring (bicyclic) bond motifs is 1. The van der Waals surface area contributed by atoms with Gasteiger partial charge in [-0.1, -0.05) is 30.3 Å². The van der Waals surface area contributed by atoms with Gasteiger partial charge >= 0.3 is 0 Å². The average molecular weight is 373 g/mol. The van der Waals surface area contributed by atoms with Crippen LogP contribution in [0.4, 0.5) is 0 Å². The summed E-state index contributed by atoms with van der Waals surface area (Å²) in [5.41, 5.74) is 4.84. The highest BCUT2D eigenvalue weighted by molar-refractivity contribution is 5.68. The molecule has 142 valence electrons. The number of hydrogen-bond donors (Lipinski definition) is 0. The molecule has 4 rings (SSSR count). The first-order valence-corrected chi connectivity index (χ1v) is 9.39. The molecule has 2 aromatic carbocycles. The smallest absolute Gasteiger partial charge is 0.255 e. The van der Waals surface area contributed by atoms with Crippen molar-refractivity contribution in [3.05, 3.63) is 93.5 Å². The first-order valence-electron chi connectivity index (χ1n) is 9.39. The van der Waals surface area contributed by atoms with Crippen LogP contribution < -0.4 is 10.3 Å². The number of aromatic nitrogens is 1. The Morgan fingerprint density at radius 1 is 0.929 bits per heavy atom. The molecule has 0 fully saturated rings. The highest BCUT2D eigenvalue weighted by atomic mass is 16.5. The predicted octanol–water partition coefficient (Wildman–Crippen LogP) is 4.51. The zero-order valence-electron chi connectivity index (χ0n) is 16.1. The van der Waals surface area contributed by atoms with Crippen LogP contribution in [-0.2, 0) is 17.7 Å². The van der Waals surface area contributed by atoms with Gasteiger partial charge in [0, 0.05) is 12.0 Å². The Hall–Kier alpha value is -3.27. The lowest BCUT2D eigenvalue weighted by atomic mass is 9.95. The zero-order valence-corrected chi connectivity index (χ0v) is 16.1. The number of allylic oxidation sites excluding steroid dienone is 1. The van der Waals surface area contributed by atoms with Crippen molar-refractivity contribution in [2.75, 3.05) is 14.2 Å². The molecule has 3 aromatic rings. The molecule has 0 radical (unpaired) electrons. The van der Waals surface area contributed by atoms with E-state index in [-0.39, 0.29) is 5.56 Å². The topological polar surface area (TPSA) is 40.5 Å². The highest BCUT2D eigenvalue weighted by Crippen LogP contribution is 2.28. The molecule has 0 bridgehead atoms. The molecule has 1 aliphatic rings. The van der Waals surface area contributed by atoms with E-state index in [9.17, 15) is 4.79 Å². The van der Waals surface area contributed by atoms with Crippen molar-refractivity contribution in [1.82, 2.24) is 4.57 Å². The second-order valence-corrected chi connectivity index (χ2v) is 6.88. The monoisotopic (exact) mass is 373 g/mol. The number of hydrogen-bond acceptors (Lipinski definition) is 3. The van der Waals surface area contributed by atoms with Gasteiger partial charge in [0.15, 0.2) is 0 Å². The molecule has 0 unspecified atom stereocenters. The second-order valence-electron chi connectivity index (χ2n) is 6.88. The van der Waals surface area contributed by atoms with E-state index >= 15 is 0 Å². The summed E-state index contributed by atoms with van der Waals surface area (Å²) in [4.78, 5) is 13.4. The third-order valence-corrected chi connectivity index (χ3v) is 5.20. The minimum atomic E-state index is 0.0681. The number of benzene rings is 2. The molecule has 0 saturated carbocycles. The fourth-order valence-corrected chi connectivity index (χ4v) is 3.67. The molecule has 0 atom stereocenters. The molecule has 1 aromatic heterocycles. The number of ether oxygens (including phenoxy) is 2. The van der Waals surface area contributed by atoms with E-state index in [1.165, 1.54) is 0 Å². The Balaban J connectivity index is 1.89. The Kier molecular flexibility index (Phi) is 5.02. The minimum absolute atomic E-state index is 0.0681. The van der Waals surface area contributed by atoms with Crippen LogP contribution in [0.15, 0.2) is 71.2 Å². The summed E-state index contributed by atoms with van der Waals surface area (Å²) in [6.07, 6.45) is 3.44. The van der Waals surface area contributed by atoms with Crippen LogP contribution in [0.1, 0.15) is 23.1 Å². The summed E-state index contributed by atoms with van der Waals surface area (Å²) in [6.45, 7) is 0.537. The van der Waals surface area contributed by atoms with Gasteiger partial charge in [-0.25, -0.2) is 0 Å². The summed E-state index contributed by atoms with van der Waals surface area (Å²) >= 11 is 0. The van der Waals surface area contributed by atoms with Crippen molar-refractivity contribution < 1.29 is 9.47 Å². The van der Waals surface area contributed by atoms with Gasteiger partial charge in [-0.2, -0.15) is 0 Å². The number of nitrogens with zero attached hydrogens (tertiary/aromatic N) is 1. The van der Waals surface area contributed by atoms with Crippen LogP contribution in [0.5, 0.6) is 5.75 Å². The van der Waals surface area contributed by atoms with Gasteiger partial charge in [-0.15, -0.1) is 0 Å². The molecular formula is C24H23NO3. The number of methoxy groups -OCH3 is 2. The second kappa shape index (κ2) is 7.77. The maximum atomic E-state index is 13.4. The van der Waals surface area contributed by atoms with E-state index < -0.39 is 0 Å². The Morgan fingerprint density at radius 3 is 2.36 bits per heavy atom. The molecule has 1 aliphatic carbocycles. The van der Waals surface area contributed by atoms with Crippen molar-refractivity contribution in [2.24, 2.45) is 0 Å². The fraction of sp³-hybridized carbons (Fsp3) is 0.208. The summed E-state index contributed by atoms with van der Waals surface area (Å²) < 4.78 is 12.6. The molecule has 4 nitrogen and oxygen atoms in total. The lowest BCUT2D eigenvalue weighted by molar-refractivity contribution is 0.279. The summed E-state index contributed by atoms with van der Waals surface area (Å²) in [5.74, 6) is 1.70. The minimum Gasteiger partial charge on any atom is -0.501 e. The SMILES string of the molecule is COC1=Cc2cc(-c3ccc(OC)cc3)n(Cc3ccccc3)c(=O)c2CC1. The van der Waals surface area contributed by atoms with Crippen LogP contribution in [0.2, 0.25) is 0 Å². The summed E-state index contributed by atoms with van der Waals surface area (Å²) in [6, 6.07) is 20.0. The molecule has 4 heteroatoms. The summed E-state index contributed by atoms with van der Waals surface area (Å²) in [7, 11) is 3.33. The molecule has 0 N–H and O–H groups in total. The fourth-order valence-electron chi connectivity index (χ4n) is 3.67. The largest absolute Gasteiger partial charge is 0.501 e. The standard InChI is InChI=1S/C24H23NO3/c1-27-20-10-8-18(9-11-20)23-15-19-14-21(28-2)12-13-22(19)24(26)25(23)16-17-6-4-3-5-7-17/h3-11,14-15H,12-13,16H2,1-2H3. The van der Waals surface area contributed by atoms with Gasteiger partial charge in [-0.05, 0) is 59.5 Å². The van der Waals surface area contributed by atoms with Crippen molar-refractivity contribution in [1.29, 1.82) is 0 Å². The molecule has 0 amide bonds. The molecule has 0 saturated heterocycles. The van der Waals surface area contributed by atoms with Crippen molar-refractivity contribution >= 4 is 6.08 Å². The van der Waals surface area contributed by atoms with Crippen LogP contribution in [0.25, 0.3) is 17.3 Å². The maximum Gasteiger partial charge on any atom is 0.255 e. The van der Waals surface area contributed by atoms with Gasteiger partial charge < -0.3 is 14.0 Å². The average Bonchev–Trinajstić information content (AvgIpc) is 2.76. The number of rotatable bonds is 5. The van der Waals surface area contributed by atoms with E-state index in [2.05, 4.69) is 6.07 Å². The Labute approximate surface area is 164 Å². The first kappa shape index (κ1) is 18.1. The molecule has 28 heavy (non-hydrogen) atoms. The van der Waals surface area contributed by atoms with Crippen molar-refractivity contribution in [3.63, 3.8) is 0 Å². The van der Waals surface area contributed by atoms with E-state index in [1.54, 1.807) is 14.2 Å². The lowest BCUT2D eigenvalue weighted by Crippen LogP contribution is -2.28. The van der Waals surface area contributed by atoms with E-state index in [0.717, 1.165) is 45.9 Å². The molecule has 1 heterocycles. The highest BCUT2D eigenvalue weighted by Gasteiger charge is 2.19. The van der Waals surface area contributed by atoms with Crippen molar-refractivity contribution in [2.45, 2.75) is 19.4 Å². The lowest BCUT2D eigenvalue weighted by Gasteiger charge is -2.21. The van der Waals surface area contributed by atoms with Gasteiger partial charge in [-0.3, -0.25) is 4.79 Å². The van der Waals surface area contributed by atoms with E-state index in [0.29, 0.717) is 13.0 Å². The van der Waals surface area contributed by atoms with Gasteiger partial charge in [0.05, 0.1) is 32.2 Å². The van der Waals surface area contributed by atoms with E-state index in [4.69, 9.17) is 9.47 Å². The molecule has 0 aliphatic heterocycles. The molecule has 0 spiro atoms. The number of pyridine rings is 1. The third-order valence-electron chi connectivity index (χ3n) is 5.20. The normalized spacial score (nSPS) is 12.9. The van der Waals surface area contributed by atoms with Crippen LogP contribution in [0.3, 0.4) is 0 Å². The summed E-state index contributed by atoms with van der Waals surface area (Å²) in [5, 5.41) is 0. The quantitative estimate of drug-likeness (QED) is 0.661. The van der Waals surface area contributed by atoms with Crippen molar-refractivity contribution in [3.8, 4) is 17.0 Å². The van der Waals surface area contributed by atoms with Gasteiger partial charge in [0.2, 0.25) is 0 Å². The maximum absolute atomic E-state index is 13.4. The zero-order chi connectivity index (χ0) is 19.5. The van der Waals surface area contributed by atoms with Crippen LogP contribution >= 0.6 is 0 Å². The first-order chi connectivity index (χ1) is 13.7. The van der Waals surface area contributed by atoms with E-state index in [1.807, 2.05) is 65.2 Å². The predicted molar refractivity (Wildman–Crippen MR) is 112 cm³/mol. The molecular weight excluding hydrogens is 350 g/mol. The Morgan fingerprint density at radius 2 is 1.68 bits per heavy atom. The van der Waals surface area contributed by atoms with Crippen LogP contribution in [-0.4, -0.2) is 18.8 Å². The van der Waals surface area contributed by atoms with Crippen LogP contribution in [0, 0.1) is 0 Å². The Bertz CT molecular complexity index is 1060. The third kappa shape index (κ3) is 3.46.